The second kappa shape index (κ2) is 10.9. The zero-order chi connectivity index (χ0) is 36.5. The molecule has 258 valence electrons. The van der Waals surface area contributed by atoms with Crippen LogP contribution in [0.2, 0.25) is 0 Å². The Bertz CT molecular complexity index is 3300. The molecule has 0 unspecified atom stereocenters. The van der Waals surface area contributed by atoms with E-state index in [1.807, 2.05) is 0 Å². The first-order valence-electron chi connectivity index (χ1n) is 19.5. The molecule has 0 bridgehead atoms. The van der Waals surface area contributed by atoms with Crippen molar-refractivity contribution in [2.24, 2.45) is 0 Å². The molecule has 1 nitrogen and oxygen atoms in total. The Hall–Kier alpha value is -7.22. The van der Waals surface area contributed by atoms with Gasteiger partial charge in [0.05, 0.1) is 5.41 Å². The zero-order valence-corrected chi connectivity index (χ0v) is 30.4. The van der Waals surface area contributed by atoms with E-state index >= 15 is 0 Å². The van der Waals surface area contributed by atoms with Crippen LogP contribution in [0.15, 0.2) is 194 Å². The van der Waals surface area contributed by atoms with Gasteiger partial charge in [-0.1, -0.05) is 158 Å². The third-order valence-electron chi connectivity index (χ3n) is 12.8. The monoisotopic (exact) mass is 708 g/mol. The molecular formula is C55H32O. The predicted octanol–water partition coefficient (Wildman–Crippen LogP) is 14.6. The zero-order valence-electron chi connectivity index (χ0n) is 30.4. The summed E-state index contributed by atoms with van der Waals surface area (Å²) in [6, 6.07) is 72.2. The standard InChI is InChI=1S/C55H32O/c1-2-12-35-29-38(24-23-33(35)11-1)53-40-27-25-36(37-26-28-50-45(31-37)43-18-9-13-34-14-10-22-51(56-50)52(34)43)30-39(40)32-49-54(53)44-17-5-8-21-48(44)55(49)46-19-6-3-15-41(46)42-16-4-7-20-47(42)55/h1-32H. The molecule has 13 rings (SSSR count). The van der Waals surface area contributed by atoms with Crippen LogP contribution >= 0.6 is 0 Å². The summed E-state index contributed by atoms with van der Waals surface area (Å²) in [4.78, 5) is 0. The maximum atomic E-state index is 6.50. The van der Waals surface area contributed by atoms with Crippen LogP contribution in [-0.4, -0.2) is 0 Å². The summed E-state index contributed by atoms with van der Waals surface area (Å²) in [5.74, 6) is 1.82. The lowest BCUT2D eigenvalue weighted by Gasteiger charge is -2.31. The molecule has 3 aliphatic rings. The minimum Gasteiger partial charge on any atom is -0.456 e. The average molecular weight is 709 g/mol. The number of hydrogen-bond donors (Lipinski definition) is 0. The second-order valence-corrected chi connectivity index (χ2v) is 15.5. The third kappa shape index (κ3) is 3.84. The molecule has 0 aromatic heterocycles. The van der Waals surface area contributed by atoms with Crippen molar-refractivity contribution in [1.82, 2.24) is 0 Å². The van der Waals surface area contributed by atoms with Gasteiger partial charge in [0.1, 0.15) is 11.5 Å². The van der Waals surface area contributed by atoms with Crippen LogP contribution in [-0.2, 0) is 5.41 Å². The Balaban J connectivity index is 1.12. The predicted molar refractivity (Wildman–Crippen MR) is 232 cm³/mol. The van der Waals surface area contributed by atoms with E-state index in [9.17, 15) is 0 Å². The van der Waals surface area contributed by atoms with Gasteiger partial charge in [-0.05, 0) is 136 Å². The van der Waals surface area contributed by atoms with Gasteiger partial charge >= 0.3 is 0 Å². The maximum absolute atomic E-state index is 6.50. The Morgan fingerprint density at radius 1 is 0.304 bits per heavy atom. The molecule has 1 heterocycles. The lowest BCUT2D eigenvalue weighted by atomic mass is 9.70. The van der Waals surface area contributed by atoms with E-state index in [4.69, 9.17) is 4.74 Å². The van der Waals surface area contributed by atoms with Crippen LogP contribution in [0.25, 0.3) is 88.0 Å². The summed E-state index contributed by atoms with van der Waals surface area (Å²) in [6.45, 7) is 0. The number of hydrogen-bond acceptors (Lipinski definition) is 1. The van der Waals surface area contributed by atoms with Crippen molar-refractivity contribution in [3.63, 3.8) is 0 Å². The molecule has 56 heavy (non-hydrogen) atoms. The fourth-order valence-corrected chi connectivity index (χ4v) is 10.5. The molecule has 0 amide bonds. The van der Waals surface area contributed by atoms with Crippen molar-refractivity contribution >= 4 is 32.3 Å². The van der Waals surface area contributed by atoms with Crippen LogP contribution in [0.3, 0.4) is 0 Å². The highest BCUT2D eigenvalue weighted by atomic mass is 16.5. The highest BCUT2D eigenvalue weighted by Crippen LogP contribution is 2.65. The summed E-state index contributed by atoms with van der Waals surface area (Å²) in [5, 5.41) is 7.37. The third-order valence-corrected chi connectivity index (χ3v) is 12.8. The van der Waals surface area contributed by atoms with Crippen LogP contribution in [0.5, 0.6) is 11.5 Å². The van der Waals surface area contributed by atoms with E-state index in [0.717, 1.165) is 17.1 Å². The van der Waals surface area contributed by atoms with Gasteiger partial charge < -0.3 is 4.74 Å². The average Bonchev–Trinajstić information content (AvgIpc) is 3.72. The lowest BCUT2D eigenvalue weighted by molar-refractivity contribution is 0.487. The van der Waals surface area contributed by atoms with Crippen LogP contribution < -0.4 is 4.74 Å². The van der Waals surface area contributed by atoms with Crippen LogP contribution in [0.1, 0.15) is 22.3 Å². The molecule has 1 aliphatic heterocycles. The molecule has 1 spiro atoms. The summed E-state index contributed by atoms with van der Waals surface area (Å²) in [6.07, 6.45) is 0. The topological polar surface area (TPSA) is 9.23 Å². The maximum Gasteiger partial charge on any atom is 0.135 e. The summed E-state index contributed by atoms with van der Waals surface area (Å²) in [7, 11) is 0. The quantitative estimate of drug-likeness (QED) is 0.174. The number of fused-ring (bicyclic) bond motifs is 14. The van der Waals surface area contributed by atoms with E-state index in [1.165, 1.54) is 105 Å². The summed E-state index contributed by atoms with van der Waals surface area (Å²) < 4.78 is 6.50. The molecule has 0 atom stereocenters. The number of rotatable bonds is 2. The molecule has 2 aliphatic carbocycles. The second-order valence-electron chi connectivity index (χ2n) is 15.5. The highest BCUT2D eigenvalue weighted by Gasteiger charge is 2.52. The normalized spacial score (nSPS) is 13.6. The van der Waals surface area contributed by atoms with Crippen LogP contribution in [0.4, 0.5) is 0 Å². The van der Waals surface area contributed by atoms with E-state index < -0.39 is 5.41 Å². The Morgan fingerprint density at radius 2 is 0.893 bits per heavy atom. The van der Waals surface area contributed by atoms with Gasteiger partial charge in [0.2, 0.25) is 0 Å². The van der Waals surface area contributed by atoms with E-state index in [2.05, 4.69) is 194 Å². The smallest absolute Gasteiger partial charge is 0.135 e. The SMILES string of the molecule is c1ccc2c(c1)-c1ccccc1C21c2ccccc2-c2c1cc1cc(-c3ccc4c(c3)-c3cccc5cccc(c35)O4)ccc1c2-c1ccc2ccccc2c1. The first kappa shape index (κ1) is 30.1. The first-order valence-corrected chi connectivity index (χ1v) is 19.5. The molecule has 0 saturated carbocycles. The largest absolute Gasteiger partial charge is 0.456 e. The highest BCUT2D eigenvalue weighted by molar-refractivity contribution is 6.12. The summed E-state index contributed by atoms with van der Waals surface area (Å²) in [5.41, 5.74) is 17.5. The molecule has 10 aromatic carbocycles. The number of ether oxygens (including phenoxy) is 1. The first-order chi connectivity index (χ1) is 27.8. The lowest BCUT2D eigenvalue weighted by Crippen LogP contribution is -2.25. The molecular weight excluding hydrogens is 677 g/mol. The fraction of sp³-hybridized carbons (Fsp3) is 0.0182. The van der Waals surface area contributed by atoms with Crippen LogP contribution in [0, 0.1) is 0 Å². The minimum atomic E-state index is -0.440. The summed E-state index contributed by atoms with van der Waals surface area (Å²) >= 11 is 0. The Kier molecular flexibility index (Phi) is 5.89. The van der Waals surface area contributed by atoms with Gasteiger partial charge in [0, 0.05) is 10.9 Å². The van der Waals surface area contributed by atoms with E-state index in [1.54, 1.807) is 0 Å². The molecule has 10 aromatic rings. The molecule has 0 radical (unpaired) electrons. The van der Waals surface area contributed by atoms with Gasteiger partial charge in [-0.3, -0.25) is 0 Å². The van der Waals surface area contributed by atoms with Crippen molar-refractivity contribution in [2.45, 2.75) is 5.41 Å². The molecule has 0 fully saturated rings. The Morgan fingerprint density at radius 3 is 1.70 bits per heavy atom. The van der Waals surface area contributed by atoms with Gasteiger partial charge in [-0.15, -0.1) is 0 Å². The van der Waals surface area contributed by atoms with Crippen molar-refractivity contribution in [3.8, 4) is 67.1 Å². The van der Waals surface area contributed by atoms with Gasteiger partial charge in [0.15, 0.2) is 0 Å². The molecule has 0 saturated heterocycles. The van der Waals surface area contributed by atoms with Crippen molar-refractivity contribution in [3.05, 3.63) is 216 Å². The van der Waals surface area contributed by atoms with Gasteiger partial charge in [-0.2, -0.15) is 0 Å². The molecule has 1 heteroatoms. The van der Waals surface area contributed by atoms with Crippen molar-refractivity contribution in [2.75, 3.05) is 0 Å². The number of benzene rings is 10. The van der Waals surface area contributed by atoms with Crippen molar-refractivity contribution < 1.29 is 4.74 Å². The van der Waals surface area contributed by atoms with E-state index in [-0.39, 0.29) is 0 Å². The van der Waals surface area contributed by atoms with E-state index in [0.29, 0.717) is 0 Å². The van der Waals surface area contributed by atoms with Gasteiger partial charge in [0.25, 0.3) is 0 Å². The Labute approximate surface area is 324 Å². The minimum absolute atomic E-state index is 0.440. The van der Waals surface area contributed by atoms with Crippen molar-refractivity contribution in [1.29, 1.82) is 0 Å². The van der Waals surface area contributed by atoms with Gasteiger partial charge in [-0.25, -0.2) is 0 Å². The fourth-order valence-electron chi connectivity index (χ4n) is 10.5. The molecule has 0 N–H and O–H groups in total.